The summed E-state index contributed by atoms with van der Waals surface area (Å²) in [5, 5.41) is 0. The topological polar surface area (TPSA) is 0 Å². The summed E-state index contributed by atoms with van der Waals surface area (Å²) in [6.45, 7) is 9.71. The second-order valence-corrected chi connectivity index (χ2v) is 6.40. The Balaban J connectivity index is 2.29. The zero-order valence-electron chi connectivity index (χ0n) is 10.9. The molecule has 2 unspecified atom stereocenters. The molecule has 2 aliphatic carbocycles. The summed E-state index contributed by atoms with van der Waals surface area (Å²) in [4.78, 5) is 0. The zero-order chi connectivity index (χ0) is 11.1. The van der Waals surface area contributed by atoms with Gasteiger partial charge in [-0.25, -0.2) is 0 Å². The van der Waals surface area contributed by atoms with Crippen molar-refractivity contribution in [3.63, 3.8) is 0 Å². The standard InChI is InChI=1S/C15H26/c1-11(2)13-8-10-15(4)9-7-12(3)5-6-14(13)15/h11-12H,5-10H2,1-4H3. The van der Waals surface area contributed by atoms with Crippen LogP contribution in [0, 0.1) is 17.3 Å². The molecular weight excluding hydrogens is 180 g/mol. The van der Waals surface area contributed by atoms with E-state index in [1.54, 1.807) is 0 Å². The highest BCUT2D eigenvalue weighted by Gasteiger charge is 2.38. The van der Waals surface area contributed by atoms with Gasteiger partial charge in [0.1, 0.15) is 0 Å². The number of rotatable bonds is 1. The van der Waals surface area contributed by atoms with Gasteiger partial charge in [0.2, 0.25) is 0 Å². The maximum absolute atomic E-state index is 2.52. The van der Waals surface area contributed by atoms with Crippen LogP contribution < -0.4 is 0 Å². The smallest absolute Gasteiger partial charge is 0.0110 e. The van der Waals surface area contributed by atoms with Gasteiger partial charge in [-0.05, 0) is 55.8 Å². The van der Waals surface area contributed by atoms with E-state index >= 15 is 0 Å². The van der Waals surface area contributed by atoms with Crippen LogP contribution >= 0.6 is 0 Å². The number of hydrogen-bond donors (Lipinski definition) is 0. The van der Waals surface area contributed by atoms with Crippen molar-refractivity contribution < 1.29 is 0 Å². The van der Waals surface area contributed by atoms with Crippen LogP contribution in [0.4, 0.5) is 0 Å². The van der Waals surface area contributed by atoms with E-state index in [9.17, 15) is 0 Å². The van der Waals surface area contributed by atoms with Crippen molar-refractivity contribution in [2.24, 2.45) is 17.3 Å². The lowest BCUT2D eigenvalue weighted by Gasteiger charge is -2.26. The van der Waals surface area contributed by atoms with Crippen LogP contribution in [0.25, 0.3) is 0 Å². The highest BCUT2D eigenvalue weighted by Crippen LogP contribution is 2.52. The van der Waals surface area contributed by atoms with E-state index < -0.39 is 0 Å². The first-order valence-corrected chi connectivity index (χ1v) is 6.75. The summed E-state index contributed by atoms with van der Waals surface area (Å²) in [7, 11) is 0. The van der Waals surface area contributed by atoms with Crippen LogP contribution in [0.15, 0.2) is 11.1 Å². The Labute approximate surface area is 95.1 Å². The van der Waals surface area contributed by atoms with Crippen LogP contribution in [-0.2, 0) is 0 Å². The van der Waals surface area contributed by atoms with Gasteiger partial charge >= 0.3 is 0 Å². The average molecular weight is 206 g/mol. The summed E-state index contributed by atoms with van der Waals surface area (Å²) < 4.78 is 0. The zero-order valence-corrected chi connectivity index (χ0v) is 10.9. The summed E-state index contributed by atoms with van der Waals surface area (Å²) in [5.41, 5.74) is 4.26. The molecule has 1 saturated carbocycles. The Bertz CT molecular complexity index is 272. The van der Waals surface area contributed by atoms with Crippen LogP contribution in [0.1, 0.15) is 66.2 Å². The Kier molecular flexibility index (Phi) is 2.96. The largest absolute Gasteiger partial charge is 0.0679 e. The minimum absolute atomic E-state index is 0.588. The van der Waals surface area contributed by atoms with Gasteiger partial charge in [0.15, 0.2) is 0 Å². The Morgan fingerprint density at radius 3 is 2.53 bits per heavy atom. The summed E-state index contributed by atoms with van der Waals surface area (Å²) in [6.07, 6.45) is 8.54. The third-order valence-corrected chi connectivity index (χ3v) is 4.84. The lowest BCUT2D eigenvalue weighted by molar-refractivity contribution is 0.342. The van der Waals surface area contributed by atoms with E-state index in [4.69, 9.17) is 0 Å². The molecule has 2 rings (SSSR count). The number of allylic oxidation sites excluding steroid dienone is 2. The Morgan fingerprint density at radius 1 is 1.13 bits per heavy atom. The van der Waals surface area contributed by atoms with E-state index in [1.165, 1.54) is 38.5 Å². The lowest BCUT2D eigenvalue weighted by atomic mass is 9.78. The van der Waals surface area contributed by atoms with E-state index in [-0.39, 0.29) is 0 Å². The molecule has 0 spiro atoms. The van der Waals surface area contributed by atoms with Gasteiger partial charge in [-0.3, -0.25) is 0 Å². The third-order valence-electron chi connectivity index (χ3n) is 4.84. The minimum atomic E-state index is 0.588. The molecule has 86 valence electrons. The van der Waals surface area contributed by atoms with E-state index in [1.807, 2.05) is 11.1 Å². The molecule has 0 aliphatic heterocycles. The normalized spacial score (nSPS) is 37.0. The molecule has 15 heavy (non-hydrogen) atoms. The lowest BCUT2D eigenvalue weighted by Crippen LogP contribution is -2.14. The van der Waals surface area contributed by atoms with Crippen LogP contribution in [0.5, 0.6) is 0 Å². The highest BCUT2D eigenvalue weighted by atomic mass is 14.4. The van der Waals surface area contributed by atoms with E-state index in [0.717, 1.165) is 11.8 Å². The maximum atomic E-state index is 2.52. The fourth-order valence-electron chi connectivity index (χ4n) is 3.58. The van der Waals surface area contributed by atoms with Gasteiger partial charge in [-0.15, -0.1) is 0 Å². The number of fused-ring (bicyclic) bond motifs is 1. The van der Waals surface area contributed by atoms with Gasteiger partial charge in [0.05, 0.1) is 0 Å². The summed E-state index contributed by atoms with van der Waals surface area (Å²) >= 11 is 0. The van der Waals surface area contributed by atoms with Gasteiger partial charge in [0.25, 0.3) is 0 Å². The third kappa shape index (κ3) is 2.00. The average Bonchev–Trinajstić information content (AvgIpc) is 2.43. The molecule has 0 aromatic heterocycles. The Hall–Kier alpha value is -0.260. The molecule has 0 aromatic carbocycles. The molecule has 2 atom stereocenters. The predicted octanol–water partition coefficient (Wildman–Crippen LogP) is 4.95. The monoisotopic (exact) mass is 206 g/mol. The van der Waals surface area contributed by atoms with Crippen molar-refractivity contribution in [1.29, 1.82) is 0 Å². The van der Waals surface area contributed by atoms with Crippen molar-refractivity contribution in [1.82, 2.24) is 0 Å². The van der Waals surface area contributed by atoms with Crippen molar-refractivity contribution in [3.8, 4) is 0 Å². The molecule has 2 aliphatic rings. The van der Waals surface area contributed by atoms with Crippen molar-refractivity contribution in [3.05, 3.63) is 11.1 Å². The fraction of sp³-hybridized carbons (Fsp3) is 0.867. The van der Waals surface area contributed by atoms with Crippen LogP contribution in [0.3, 0.4) is 0 Å². The highest BCUT2D eigenvalue weighted by molar-refractivity contribution is 5.29. The van der Waals surface area contributed by atoms with Gasteiger partial charge in [0, 0.05) is 0 Å². The molecule has 0 saturated heterocycles. The van der Waals surface area contributed by atoms with Gasteiger partial charge < -0.3 is 0 Å². The summed E-state index contributed by atoms with van der Waals surface area (Å²) in [5.74, 6) is 1.74. The van der Waals surface area contributed by atoms with E-state index in [2.05, 4.69) is 27.7 Å². The SMILES string of the molecule is CC1CCC2=C(C(C)C)CCC2(C)CC1. The van der Waals surface area contributed by atoms with E-state index in [0.29, 0.717) is 5.41 Å². The van der Waals surface area contributed by atoms with Crippen molar-refractivity contribution in [2.75, 3.05) is 0 Å². The molecule has 0 radical (unpaired) electrons. The first kappa shape index (κ1) is 11.2. The minimum Gasteiger partial charge on any atom is -0.0679 e. The molecule has 0 heteroatoms. The Morgan fingerprint density at radius 2 is 1.87 bits per heavy atom. The molecule has 1 fully saturated rings. The summed E-state index contributed by atoms with van der Waals surface area (Å²) in [6, 6.07) is 0. The van der Waals surface area contributed by atoms with Crippen molar-refractivity contribution >= 4 is 0 Å². The molecular formula is C15H26. The first-order chi connectivity index (χ1) is 7.03. The molecule has 0 bridgehead atoms. The second kappa shape index (κ2) is 3.96. The van der Waals surface area contributed by atoms with Crippen molar-refractivity contribution in [2.45, 2.75) is 66.2 Å². The fourth-order valence-corrected chi connectivity index (χ4v) is 3.58. The number of hydrogen-bond acceptors (Lipinski definition) is 0. The van der Waals surface area contributed by atoms with Gasteiger partial charge in [-0.1, -0.05) is 38.8 Å². The molecule has 0 N–H and O–H groups in total. The van der Waals surface area contributed by atoms with Crippen LogP contribution in [0.2, 0.25) is 0 Å². The first-order valence-electron chi connectivity index (χ1n) is 6.75. The molecule has 0 aromatic rings. The van der Waals surface area contributed by atoms with Gasteiger partial charge in [-0.2, -0.15) is 0 Å². The maximum Gasteiger partial charge on any atom is -0.0110 e. The molecule has 0 heterocycles. The quantitative estimate of drug-likeness (QED) is 0.532. The van der Waals surface area contributed by atoms with Crippen LogP contribution in [-0.4, -0.2) is 0 Å². The molecule has 0 nitrogen and oxygen atoms in total. The predicted molar refractivity (Wildman–Crippen MR) is 66.8 cm³/mol. The molecule has 0 amide bonds. The second-order valence-electron chi connectivity index (χ2n) is 6.40.